The molecule has 0 atom stereocenters. The smallest absolute Gasteiger partial charge is 0.204 e. The van der Waals surface area contributed by atoms with Crippen LogP contribution >= 0.6 is 0 Å². The van der Waals surface area contributed by atoms with Gasteiger partial charge in [-0.15, -0.1) is 0 Å². The van der Waals surface area contributed by atoms with Crippen LogP contribution in [0.4, 0.5) is 0 Å². The summed E-state index contributed by atoms with van der Waals surface area (Å²) in [5, 5.41) is 12.2. The molecule has 46 heavy (non-hydrogen) atoms. The van der Waals surface area contributed by atoms with Crippen molar-refractivity contribution in [3.8, 4) is 23.0 Å². The van der Waals surface area contributed by atoms with Crippen LogP contribution in [0.5, 0.6) is 23.0 Å². The van der Waals surface area contributed by atoms with Gasteiger partial charge >= 0.3 is 0 Å². The normalized spacial score (nSPS) is 11.5. The minimum Gasteiger partial charge on any atom is -0.507 e. The van der Waals surface area contributed by atoms with Gasteiger partial charge in [-0.1, -0.05) is 37.1 Å². The van der Waals surface area contributed by atoms with Gasteiger partial charge < -0.3 is 33.5 Å². The van der Waals surface area contributed by atoms with Crippen LogP contribution in [0.1, 0.15) is 78.4 Å². The van der Waals surface area contributed by atoms with E-state index in [1.807, 2.05) is 33.8 Å². The lowest BCUT2D eigenvalue weighted by molar-refractivity contribution is 0.271. The standard InChI is InChI=1S/C38H56N2O6/c1-10-39(7)20-12-14-22-44-30-24-32-35(36(41)28(30)18-16-26(3)4)37(42)34-29(19-17-27(5)6)38(43-9)33(25-31(34)46-32)45-23-15-13-21-40(8)11-2/h16-17,24-25,41H,10-15,18-23H2,1-9H3. The maximum absolute atomic E-state index is 14.3. The predicted molar refractivity (Wildman–Crippen MR) is 190 cm³/mol. The Morgan fingerprint density at radius 2 is 1.28 bits per heavy atom. The Labute approximate surface area is 275 Å². The van der Waals surface area contributed by atoms with E-state index in [1.54, 1.807) is 19.2 Å². The molecule has 0 fully saturated rings. The lowest BCUT2D eigenvalue weighted by atomic mass is 9.98. The van der Waals surface area contributed by atoms with Crippen molar-refractivity contribution in [2.24, 2.45) is 0 Å². The highest BCUT2D eigenvalue weighted by molar-refractivity contribution is 5.98. The minimum absolute atomic E-state index is 0.101. The third-order valence-electron chi connectivity index (χ3n) is 8.41. The van der Waals surface area contributed by atoms with E-state index in [0.717, 1.165) is 63.0 Å². The predicted octanol–water partition coefficient (Wildman–Crippen LogP) is 7.90. The van der Waals surface area contributed by atoms with Gasteiger partial charge in [0.05, 0.1) is 25.7 Å². The summed E-state index contributed by atoms with van der Waals surface area (Å²) in [6, 6.07) is 3.51. The molecule has 0 aliphatic heterocycles. The number of hydrogen-bond donors (Lipinski definition) is 1. The first-order chi connectivity index (χ1) is 22.0. The summed E-state index contributed by atoms with van der Waals surface area (Å²) in [6.45, 7) is 17.4. The molecule has 2 aromatic carbocycles. The summed E-state index contributed by atoms with van der Waals surface area (Å²) in [4.78, 5) is 18.9. The summed E-state index contributed by atoms with van der Waals surface area (Å²) < 4.78 is 24.8. The molecule has 0 radical (unpaired) electrons. The number of aromatic hydroxyl groups is 1. The summed E-state index contributed by atoms with van der Waals surface area (Å²) in [5.41, 5.74) is 3.85. The number of nitrogens with zero attached hydrogens (tertiary/aromatic N) is 2. The molecule has 1 heterocycles. The highest BCUT2D eigenvalue weighted by Gasteiger charge is 2.24. The van der Waals surface area contributed by atoms with Crippen molar-refractivity contribution in [3.05, 3.63) is 56.8 Å². The maximum Gasteiger partial charge on any atom is 0.204 e. The average molecular weight is 637 g/mol. The van der Waals surface area contributed by atoms with Gasteiger partial charge in [-0.05, 0) is 106 Å². The van der Waals surface area contributed by atoms with Crippen molar-refractivity contribution < 1.29 is 23.7 Å². The van der Waals surface area contributed by atoms with Crippen LogP contribution in [0.2, 0.25) is 0 Å². The van der Waals surface area contributed by atoms with Crippen molar-refractivity contribution in [1.29, 1.82) is 0 Å². The second kappa shape index (κ2) is 18.0. The highest BCUT2D eigenvalue weighted by Crippen LogP contribution is 2.41. The fraction of sp³-hybridized carbons (Fsp3) is 0.553. The number of rotatable bonds is 19. The molecule has 254 valence electrons. The van der Waals surface area contributed by atoms with Gasteiger partial charge in [-0.3, -0.25) is 4.79 Å². The Morgan fingerprint density at radius 3 is 1.80 bits per heavy atom. The molecule has 0 aliphatic carbocycles. The molecule has 3 rings (SSSR count). The maximum atomic E-state index is 14.3. The Hall–Kier alpha value is -3.49. The summed E-state index contributed by atoms with van der Waals surface area (Å²) in [7, 11) is 5.81. The summed E-state index contributed by atoms with van der Waals surface area (Å²) >= 11 is 0. The van der Waals surface area contributed by atoms with Crippen molar-refractivity contribution in [1.82, 2.24) is 9.80 Å². The number of unbranched alkanes of at least 4 members (excludes halogenated alkanes) is 2. The van der Waals surface area contributed by atoms with E-state index in [2.05, 4.69) is 43.8 Å². The van der Waals surface area contributed by atoms with Gasteiger partial charge in [0.25, 0.3) is 0 Å². The Bertz CT molecular complexity index is 1560. The van der Waals surface area contributed by atoms with Crippen molar-refractivity contribution >= 4 is 21.9 Å². The van der Waals surface area contributed by atoms with Gasteiger partial charge in [0.2, 0.25) is 5.43 Å². The van der Waals surface area contributed by atoms with E-state index >= 15 is 0 Å². The van der Waals surface area contributed by atoms with E-state index in [9.17, 15) is 9.90 Å². The van der Waals surface area contributed by atoms with Gasteiger partial charge in [-0.2, -0.15) is 0 Å². The van der Waals surface area contributed by atoms with Crippen LogP contribution in [0.25, 0.3) is 21.9 Å². The van der Waals surface area contributed by atoms with E-state index < -0.39 is 0 Å². The molecule has 0 bridgehead atoms. The van der Waals surface area contributed by atoms with E-state index in [0.29, 0.717) is 65.4 Å². The topological polar surface area (TPSA) is 84.6 Å². The van der Waals surface area contributed by atoms with Gasteiger partial charge in [0.15, 0.2) is 11.5 Å². The lowest BCUT2D eigenvalue weighted by Crippen LogP contribution is -2.19. The molecule has 1 N–H and O–H groups in total. The number of allylic oxidation sites excluding steroid dienone is 4. The summed E-state index contributed by atoms with van der Waals surface area (Å²) in [6.07, 6.45) is 8.74. The van der Waals surface area contributed by atoms with Crippen LogP contribution in [0.3, 0.4) is 0 Å². The lowest BCUT2D eigenvalue weighted by Gasteiger charge is -2.18. The van der Waals surface area contributed by atoms with Crippen LogP contribution in [-0.4, -0.2) is 75.5 Å². The molecule has 8 heteroatoms. The molecule has 0 unspecified atom stereocenters. The number of benzene rings is 2. The zero-order chi connectivity index (χ0) is 33.8. The van der Waals surface area contributed by atoms with E-state index in [-0.39, 0.29) is 22.1 Å². The molecule has 3 aromatic rings. The third kappa shape index (κ3) is 9.76. The van der Waals surface area contributed by atoms with E-state index in [1.165, 1.54) is 0 Å². The summed E-state index contributed by atoms with van der Waals surface area (Å²) in [5.74, 6) is 1.48. The van der Waals surface area contributed by atoms with Crippen molar-refractivity contribution in [2.75, 3.05) is 60.6 Å². The quantitative estimate of drug-likeness (QED) is 0.0808. The molecule has 0 amide bonds. The number of methoxy groups -OCH3 is 1. The molecule has 1 aromatic heterocycles. The minimum atomic E-state index is -0.300. The molecule has 0 saturated carbocycles. The Balaban J connectivity index is 2.15. The van der Waals surface area contributed by atoms with Gasteiger partial charge in [0, 0.05) is 23.3 Å². The van der Waals surface area contributed by atoms with Crippen LogP contribution < -0.4 is 19.6 Å². The van der Waals surface area contributed by atoms with Crippen LogP contribution in [0.15, 0.2) is 44.6 Å². The molecule has 8 nitrogen and oxygen atoms in total. The molecular weight excluding hydrogens is 580 g/mol. The second-order valence-corrected chi connectivity index (χ2v) is 12.6. The second-order valence-electron chi connectivity index (χ2n) is 12.6. The number of phenols is 1. The zero-order valence-electron chi connectivity index (χ0n) is 29.7. The van der Waals surface area contributed by atoms with Crippen LogP contribution in [-0.2, 0) is 12.8 Å². The molecule has 0 spiro atoms. The first kappa shape index (κ1) is 37.0. The van der Waals surface area contributed by atoms with E-state index in [4.69, 9.17) is 18.6 Å². The Kier molecular flexibility index (Phi) is 14.5. The largest absolute Gasteiger partial charge is 0.507 e. The first-order valence-corrected chi connectivity index (χ1v) is 16.8. The third-order valence-corrected chi connectivity index (χ3v) is 8.41. The Morgan fingerprint density at radius 1 is 0.783 bits per heavy atom. The fourth-order valence-corrected chi connectivity index (χ4v) is 5.32. The number of fused-ring (bicyclic) bond motifs is 2. The number of phenolic OH excluding ortho intramolecular Hbond substituents is 1. The molecule has 0 saturated heterocycles. The number of ether oxygens (including phenoxy) is 3. The van der Waals surface area contributed by atoms with Crippen molar-refractivity contribution in [3.63, 3.8) is 0 Å². The zero-order valence-corrected chi connectivity index (χ0v) is 29.7. The highest BCUT2D eigenvalue weighted by atomic mass is 16.5. The monoisotopic (exact) mass is 636 g/mol. The molecule has 0 aliphatic rings. The van der Waals surface area contributed by atoms with Gasteiger partial charge in [0.1, 0.15) is 28.1 Å². The first-order valence-electron chi connectivity index (χ1n) is 16.8. The van der Waals surface area contributed by atoms with Gasteiger partial charge in [-0.25, -0.2) is 0 Å². The fourth-order valence-electron chi connectivity index (χ4n) is 5.32. The molecular formula is C38H56N2O6. The van der Waals surface area contributed by atoms with Crippen LogP contribution in [0, 0.1) is 0 Å². The average Bonchev–Trinajstić information content (AvgIpc) is 3.01. The van der Waals surface area contributed by atoms with Crippen molar-refractivity contribution in [2.45, 2.75) is 80.1 Å². The SMILES string of the molecule is CCN(C)CCCCOc1cc2oc3cc(OCCCCN(C)CC)c(OC)c(CC=C(C)C)c3c(=O)c2c(O)c1CC=C(C)C. The number of hydrogen-bond acceptors (Lipinski definition) is 8.